The Labute approximate surface area is 174 Å². The van der Waals surface area contributed by atoms with Crippen molar-refractivity contribution in [1.82, 2.24) is 5.32 Å². The number of allylic oxidation sites excluding steroid dienone is 2. The highest BCUT2D eigenvalue weighted by molar-refractivity contribution is 7.17. The fourth-order valence-corrected chi connectivity index (χ4v) is 6.11. The molecule has 2 saturated carbocycles. The molecule has 1 aromatic heterocycles. The zero-order valence-electron chi connectivity index (χ0n) is 16.3. The molecule has 1 aromatic carbocycles. The normalized spacial score (nSPS) is 25.8. The standard InChI is InChI=1S/C23H27NO4S/c25-16-9-10-18-19(13-29-20(18)12-16)23(28)24-22-15-8-7-14(11-15)17(22)5-3-1-2-4-6-21(26)27/h1,3,9-10,12-15,17,22,25H,2,4-8,11H2,(H,24,28)(H,26,27)/b3-1-. The van der Waals surface area contributed by atoms with Crippen molar-refractivity contribution in [3.05, 3.63) is 41.3 Å². The fraction of sp³-hybridized carbons (Fsp3) is 0.478. The minimum atomic E-state index is -0.745. The van der Waals surface area contributed by atoms with E-state index >= 15 is 0 Å². The van der Waals surface area contributed by atoms with Gasteiger partial charge in [0, 0.05) is 27.9 Å². The SMILES string of the molecule is O=C(O)CCC/C=C\CC1C2CCC(C2)C1NC(=O)c1csc2cc(O)ccc12. The Balaban J connectivity index is 1.40. The number of phenolic OH excluding ortho intramolecular Hbond substituents is 1. The van der Waals surface area contributed by atoms with Crippen molar-refractivity contribution < 1.29 is 19.8 Å². The van der Waals surface area contributed by atoms with Gasteiger partial charge in [-0.05, 0) is 74.5 Å². The molecule has 6 heteroatoms. The van der Waals surface area contributed by atoms with Crippen LogP contribution in [0.3, 0.4) is 0 Å². The third-order valence-corrected chi connectivity index (χ3v) is 7.47. The number of hydrogen-bond donors (Lipinski definition) is 3. The van der Waals surface area contributed by atoms with Crippen LogP contribution in [0, 0.1) is 17.8 Å². The summed E-state index contributed by atoms with van der Waals surface area (Å²) >= 11 is 1.48. The molecule has 2 fully saturated rings. The van der Waals surface area contributed by atoms with E-state index in [0.29, 0.717) is 29.7 Å². The summed E-state index contributed by atoms with van der Waals surface area (Å²) in [7, 11) is 0. The number of thiophene rings is 1. The monoisotopic (exact) mass is 413 g/mol. The van der Waals surface area contributed by atoms with Crippen molar-refractivity contribution in [2.75, 3.05) is 0 Å². The van der Waals surface area contributed by atoms with Crippen molar-refractivity contribution in [2.24, 2.45) is 17.8 Å². The number of phenols is 1. The van der Waals surface area contributed by atoms with Crippen LogP contribution in [0.5, 0.6) is 5.75 Å². The number of carboxylic acid groups (broad SMARTS) is 1. The van der Waals surface area contributed by atoms with Crippen molar-refractivity contribution in [3.63, 3.8) is 0 Å². The van der Waals surface area contributed by atoms with Crippen LogP contribution < -0.4 is 5.32 Å². The van der Waals surface area contributed by atoms with E-state index in [-0.39, 0.29) is 24.1 Å². The van der Waals surface area contributed by atoms with Crippen molar-refractivity contribution in [2.45, 2.75) is 51.0 Å². The van der Waals surface area contributed by atoms with Gasteiger partial charge in [0.15, 0.2) is 0 Å². The van der Waals surface area contributed by atoms with E-state index in [4.69, 9.17) is 5.11 Å². The van der Waals surface area contributed by atoms with Gasteiger partial charge < -0.3 is 15.5 Å². The van der Waals surface area contributed by atoms with E-state index in [2.05, 4.69) is 17.5 Å². The average Bonchev–Trinajstić information content (AvgIpc) is 3.39. The lowest BCUT2D eigenvalue weighted by molar-refractivity contribution is -0.137. The van der Waals surface area contributed by atoms with Gasteiger partial charge in [0.2, 0.25) is 0 Å². The molecule has 5 nitrogen and oxygen atoms in total. The molecule has 3 N–H and O–H groups in total. The van der Waals surface area contributed by atoms with Gasteiger partial charge in [-0.3, -0.25) is 9.59 Å². The number of rotatable bonds is 8. The lowest BCUT2D eigenvalue weighted by Crippen LogP contribution is -2.43. The molecule has 2 aliphatic carbocycles. The third kappa shape index (κ3) is 4.32. The van der Waals surface area contributed by atoms with Crippen molar-refractivity contribution in [3.8, 4) is 5.75 Å². The molecule has 4 rings (SSSR count). The molecule has 154 valence electrons. The topological polar surface area (TPSA) is 86.6 Å². The largest absolute Gasteiger partial charge is 0.508 e. The summed E-state index contributed by atoms with van der Waals surface area (Å²) in [5.74, 6) is 1.14. The number of aromatic hydroxyl groups is 1. The Morgan fingerprint density at radius 1 is 1.21 bits per heavy atom. The number of hydrogen-bond acceptors (Lipinski definition) is 4. The number of carbonyl (C=O) groups is 2. The highest BCUT2D eigenvalue weighted by Crippen LogP contribution is 2.50. The van der Waals surface area contributed by atoms with E-state index in [9.17, 15) is 14.7 Å². The third-order valence-electron chi connectivity index (χ3n) is 6.53. The van der Waals surface area contributed by atoms with E-state index in [0.717, 1.165) is 22.9 Å². The Morgan fingerprint density at radius 3 is 2.86 bits per heavy atom. The summed E-state index contributed by atoms with van der Waals surface area (Å²) in [6, 6.07) is 5.35. The maximum atomic E-state index is 13.0. The molecule has 0 aliphatic heterocycles. The molecular weight excluding hydrogens is 386 g/mol. The molecule has 2 bridgehead atoms. The smallest absolute Gasteiger partial charge is 0.303 e. The number of carboxylic acids is 1. The summed E-state index contributed by atoms with van der Waals surface area (Å²) in [4.78, 5) is 23.6. The van der Waals surface area contributed by atoms with Crippen LogP contribution in [-0.4, -0.2) is 28.1 Å². The predicted molar refractivity (Wildman–Crippen MR) is 114 cm³/mol. The molecule has 0 radical (unpaired) electrons. The minimum Gasteiger partial charge on any atom is -0.508 e. The predicted octanol–water partition coefficient (Wildman–Crippen LogP) is 4.95. The maximum Gasteiger partial charge on any atom is 0.303 e. The molecule has 0 saturated heterocycles. The quantitative estimate of drug-likeness (QED) is 0.422. The van der Waals surface area contributed by atoms with E-state index < -0.39 is 5.97 Å². The van der Waals surface area contributed by atoms with E-state index in [1.807, 2.05) is 11.4 Å². The lowest BCUT2D eigenvalue weighted by Gasteiger charge is -2.31. The zero-order chi connectivity index (χ0) is 20.4. The van der Waals surface area contributed by atoms with Crippen LogP contribution in [-0.2, 0) is 4.79 Å². The van der Waals surface area contributed by atoms with Gasteiger partial charge in [0.05, 0.1) is 5.56 Å². The highest BCUT2D eigenvalue weighted by atomic mass is 32.1. The fourth-order valence-electron chi connectivity index (χ4n) is 5.14. The Bertz CT molecular complexity index is 934. The zero-order valence-corrected chi connectivity index (χ0v) is 17.2. The summed E-state index contributed by atoms with van der Waals surface area (Å²) in [6.45, 7) is 0. The molecular formula is C23H27NO4S. The number of unbranched alkanes of at least 4 members (excludes halogenated alkanes) is 1. The molecule has 0 spiro atoms. The number of aliphatic carboxylic acids is 1. The number of carbonyl (C=O) groups excluding carboxylic acids is 1. The summed E-state index contributed by atoms with van der Waals surface area (Å²) in [6.07, 6.45) is 10.5. The Hall–Kier alpha value is -2.34. The van der Waals surface area contributed by atoms with Crippen LogP contribution in [0.15, 0.2) is 35.7 Å². The Kier molecular flexibility index (Phi) is 5.90. The minimum absolute atomic E-state index is 0.0186. The van der Waals surface area contributed by atoms with Crippen LogP contribution in [0.4, 0.5) is 0 Å². The number of benzene rings is 1. The molecule has 2 aromatic rings. The van der Waals surface area contributed by atoms with E-state index in [1.54, 1.807) is 12.1 Å². The van der Waals surface area contributed by atoms with Gasteiger partial charge in [-0.25, -0.2) is 0 Å². The van der Waals surface area contributed by atoms with Crippen LogP contribution in [0.25, 0.3) is 10.1 Å². The summed E-state index contributed by atoms with van der Waals surface area (Å²) in [5.41, 5.74) is 0.690. The molecule has 29 heavy (non-hydrogen) atoms. The van der Waals surface area contributed by atoms with Gasteiger partial charge in [0.1, 0.15) is 5.75 Å². The van der Waals surface area contributed by atoms with E-state index in [1.165, 1.54) is 30.6 Å². The first-order valence-electron chi connectivity index (χ1n) is 10.4. The van der Waals surface area contributed by atoms with Crippen LogP contribution in [0.1, 0.15) is 55.3 Å². The highest BCUT2D eigenvalue weighted by Gasteiger charge is 2.47. The summed E-state index contributed by atoms with van der Waals surface area (Å²) in [5, 5.41) is 24.5. The Morgan fingerprint density at radius 2 is 2.03 bits per heavy atom. The van der Waals surface area contributed by atoms with Crippen molar-refractivity contribution >= 4 is 33.3 Å². The van der Waals surface area contributed by atoms with Gasteiger partial charge in [-0.15, -0.1) is 11.3 Å². The average molecular weight is 414 g/mol. The van der Waals surface area contributed by atoms with Crippen LogP contribution in [0.2, 0.25) is 0 Å². The first-order valence-corrected chi connectivity index (χ1v) is 11.3. The van der Waals surface area contributed by atoms with Crippen LogP contribution >= 0.6 is 11.3 Å². The second-order valence-electron chi connectivity index (χ2n) is 8.32. The molecule has 2 aliphatic rings. The number of nitrogens with one attached hydrogen (secondary N) is 1. The molecule has 1 amide bonds. The molecule has 1 heterocycles. The molecule has 4 unspecified atom stereocenters. The molecule has 4 atom stereocenters. The van der Waals surface area contributed by atoms with Gasteiger partial charge in [-0.2, -0.15) is 0 Å². The van der Waals surface area contributed by atoms with Gasteiger partial charge in [-0.1, -0.05) is 12.2 Å². The second kappa shape index (κ2) is 8.57. The summed E-state index contributed by atoms with van der Waals surface area (Å²) < 4.78 is 0.920. The first kappa shape index (κ1) is 20.0. The number of fused-ring (bicyclic) bond motifs is 3. The van der Waals surface area contributed by atoms with Gasteiger partial charge >= 0.3 is 5.97 Å². The maximum absolute atomic E-state index is 13.0. The van der Waals surface area contributed by atoms with Crippen molar-refractivity contribution in [1.29, 1.82) is 0 Å². The second-order valence-corrected chi connectivity index (χ2v) is 9.23. The first-order chi connectivity index (χ1) is 14.0. The number of amides is 1. The lowest BCUT2D eigenvalue weighted by atomic mass is 9.82. The van der Waals surface area contributed by atoms with Gasteiger partial charge in [0.25, 0.3) is 5.91 Å².